The van der Waals surface area contributed by atoms with Gasteiger partial charge in [-0.1, -0.05) is 12.1 Å². The highest BCUT2D eigenvalue weighted by atomic mass is 19.1. The summed E-state index contributed by atoms with van der Waals surface area (Å²) in [5.74, 6) is 0.155. The van der Waals surface area contributed by atoms with E-state index in [9.17, 15) is 4.39 Å². The number of nitrogens with one attached hydrogen (secondary N) is 1. The molecular weight excluding hydrogens is 205 g/mol. The van der Waals surface area contributed by atoms with Gasteiger partial charge in [0.15, 0.2) is 5.82 Å². The molecule has 0 spiro atoms. The molecule has 16 heavy (non-hydrogen) atoms. The van der Waals surface area contributed by atoms with Crippen molar-refractivity contribution in [3.8, 4) is 11.4 Å². The number of aromatic amines is 1. The van der Waals surface area contributed by atoms with Gasteiger partial charge in [-0.2, -0.15) is 0 Å². The zero-order chi connectivity index (χ0) is 11.0. The minimum atomic E-state index is -0.374. The van der Waals surface area contributed by atoms with Gasteiger partial charge < -0.3 is 4.98 Å². The van der Waals surface area contributed by atoms with Crippen molar-refractivity contribution in [1.29, 1.82) is 0 Å². The first-order valence-electron chi connectivity index (χ1n) is 4.89. The van der Waals surface area contributed by atoms with Crippen LogP contribution in [0.15, 0.2) is 42.7 Å². The molecule has 3 nitrogen and oxygen atoms in total. The highest BCUT2D eigenvalue weighted by molar-refractivity contribution is 5.79. The minimum Gasteiger partial charge on any atom is -0.338 e. The van der Waals surface area contributed by atoms with Crippen molar-refractivity contribution in [2.75, 3.05) is 0 Å². The fraction of sp³-hybridized carbons (Fsp3) is 0. The van der Waals surface area contributed by atoms with Crippen LogP contribution in [0.1, 0.15) is 0 Å². The molecule has 0 saturated heterocycles. The molecule has 0 fully saturated rings. The summed E-state index contributed by atoms with van der Waals surface area (Å²) in [5.41, 5.74) is 2.16. The molecule has 0 aliphatic carbocycles. The number of fused-ring (bicyclic) bond motifs is 1. The van der Waals surface area contributed by atoms with Crippen LogP contribution in [-0.4, -0.2) is 15.0 Å². The minimum absolute atomic E-state index is 0.374. The lowest BCUT2D eigenvalue weighted by Gasteiger charge is -1.96. The van der Waals surface area contributed by atoms with Crippen molar-refractivity contribution in [3.05, 3.63) is 48.5 Å². The van der Waals surface area contributed by atoms with E-state index in [-0.39, 0.29) is 5.82 Å². The number of pyridine rings is 1. The fourth-order valence-electron chi connectivity index (χ4n) is 1.65. The molecule has 0 unspecified atom stereocenters. The Bertz CT molecular complexity index is 612. The van der Waals surface area contributed by atoms with E-state index in [1.165, 1.54) is 6.20 Å². The Balaban J connectivity index is 2.23. The van der Waals surface area contributed by atoms with Gasteiger partial charge in [-0.3, -0.25) is 4.98 Å². The van der Waals surface area contributed by atoms with Gasteiger partial charge in [0.25, 0.3) is 0 Å². The first kappa shape index (κ1) is 9.03. The number of H-pyrrole nitrogens is 1. The fourth-order valence-corrected chi connectivity index (χ4v) is 1.65. The van der Waals surface area contributed by atoms with Crippen LogP contribution in [0.3, 0.4) is 0 Å². The summed E-state index contributed by atoms with van der Waals surface area (Å²) >= 11 is 0. The smallest absolute Gasteiger partial charge is 0.152 e. The van der Waals surface area contributed by atoms with Gasteiger partial charge in [0.1, 0.15) is 5.82 Å². The summed E-state index contributed by atoms with van der Waals surface area (Å²) in [4.78, 5) is 11.1. The van der Waals surface area contributed by atoms with E-state index in [1.807, 2.05) is 24.3 Å². The summed E-state index contributed by atoms with van der Waals surface area (Å²) in [6.45, 7) is 0. The summed E-state index contributed by atoms with van der Waals surface area (Å²) in [6, 6.07) is 9.20. The maximum atomic E-state index is 13.5. The van der Waals surface area contributed by atoms with Crippen LogP contribution in [0, 0.1) is 5.82 Å². The van der Waals surface area contributed by atoms with E-state index in [2.05, 4.69) is 15.0 Å². The number of rotatable bonds is 1. The van der Waals surface area contributed by atoms with E-state index >= 15 is 0 Å². The third-order valence-electron chi connectivity index (χ3n) is 2.42. The molecule has 78 valence electrons. The summed E-state index contributed by atoms with van der Waals surface area (Å²) in [6.07, 6.45) is 2.73. The number of hydrogen-bond acceptors (Lipinski definition) is 2. The zero-order valence-corrected chi connectivity index (χ0v) is 8.31. The monoisotopic (exact) mass is 213 g/mol. The number of aromatic nitrogens is 3. The Kier molecular flexibility index (Phi) is 1.93. The molecule has 0 saturated carbocycles. The van der Waals surface area contributed by atoms with Gasteiger partial charge in [0.05, 0.1) is 22.8 Å². The van der Waals surface area contributed by atoms with Crippen molar-refractivity contribution in [2.45, 2.75) is 0 Å². The third-order valence-corrected chi connectivity index (χ3v) is 2.42. The van der Waals surface area contributed by atoms with Crippen molar-refractivity contribution in [2.24, 2.45) is 0 Å². The van der Waals surface area contributed by atoms with Crippen LogP contribution in [0.25, 0.3) is 22.4 Å². The second-order valence-corrected chi connectivity index (χ2v) is 3.46. The highest BCUT2D eigenvalue weighted by Crippen LogP contribution is 2.21. The zero-order valence-electron chi connectivity index (χ0n) is 8.31. The van der Waals surface area contributed by atoms with Crippen LogP contribution < -0.4 is 0 Å². The molecule has 0 radical (unpaired) electrons. The summed E-state index contributed by atoms with van der Waals surface area (Å²) in [7, 11) is 0. The molecular formula is C12H8FN3. The Morgan fingerprint density at radius 2 is 2.00 bits per heavy atom. The number of benzene rings is 1. The van der Waals surface area contributed by atoms with Crippen LogP contribution in [-0.2, 0) is 0 Å². The number of nitrogens with zero attached hydrogens (tertiary/aromatic N) is 2. The molecule has 1 N–H and O–H groups in total. The lowest BCUT2D eigenvalue weighted by Crippen LogP contribution is -1.86. The van der Waals surface area contributed by atoms with Gasteiger partial charge in [-0.05, 0) is 18.2 Å². The third kappa shape index (κ3) is 1.35. The van der Waals surface area contributed by atoms with Gasteiger partial charge >= 0.3 is 0 Å². The van der Waals surface area contributed by atoms with E-state index in [0.717, 1.165) is 11.0 Å². The summed E-state index contributed by atoms with van der Waals surface area (Å²) < 4.78 is 13.5. The molecule has 0 bridgehead atoms. The van der Waals surface area contributed by atoms with Gasteiger partial charge in [0, 0.05) is 6.20 Å². The van der Waals surface area contributed by atoms with E-state index < -0.39 is 0 Å². The van der Waals surface area contributed by atoms with Crippen molar-refractivity contribution in [1.82, 2.24) is 15.0 Å². The molecule has 0 atom stereocenters. The Labute approximate surface area is 91.0 Å². The Morgan fingerprint density at radius 3 is 2.81 bits per heavy atom. The van der Waals surface area contributed by atoms with Crippen molar-refractivity contribution < 1.29 is 4.39 Å². The number of hydrogen-bond donors (Lipinski definition) is 1. The highest BCUT2D eigenvalue weighted by Gasteiger charge is 2.08. The number of halogens is 1. The molecule has 0 aliphatic heterocycles. The van der Waals surface area contributed by atoms with Crippen molar-refractivity contribution >= 4 is 11.0 Å². The van der Waals surface area contributed by atoms with Crippen LogP contribution in [0.2, 0.25) is 0 Å². The molecule has 2 heterocycles. The second kappa shape index (κ2) is 3.41. The topological polar surface area (TPSA) is 41.6 Å². The normalized spacial score (nSPS) is 10.8. The first-order chi connectivity index (χ1) is 7.84. The maximum absolute atomic E-state index is 13.5. The lowest BCUT2D eigenvalue weighted by atomic mass is 10.2. The van der Waals surface area contributed by atoms with Crippen molar-refractivity contribution in [3.63, 3.8) is 0 Å². The molecule has 4 heteroatoms. The molecule has 3 aromatic rings. The quantitative estimate of drug-likeness (QED) is 0.675. The van der Waals surface area contributed by atoms with E-state index in [0.29, 0.717) is 11.4 Å². The number of para-hydroxylation sites is 2. The maximum Gasteiger partial charge on any atom is 0.152 e. The molecule has 2 aromatic heterocycles. The Morgan fingerprint density at radius 1 is 1.12 bits per heavy atom. The molecule has 3 rings (SSSR count). The standard InChI is InChI=1S/C12H8FN3/c13-9-7-14-6-5-8(9)12-15-10-3-1-2-4-11(10)16-12/h1-7H,(H,15,16). The summed E-state index contributed by atoms with van der Waals surface area (Å²) in [5, 5.41) is 0. The van der Waals surface area contributed by atoms with Gasteiger partial charge in [0.2, 0.25) is 0 Å². The molecule has 1 aromatic carbocycles. The number of imidazole rings is 1. The largest absolute Gasteiger partial charge is 0.338 e. The van der Waals surface area contributed by atoms with Crippen LogP contribution in [0.5, 0.6) is 0 Å². The Hall–Kier alpha value is -2.23. The second-order valence-electron chi connectivity index (χ2n) is 3.46. The average molecular weight is 213 g/mol. The van der Waals surface area contributed by atoms with Crippen LogP contribution in [0.4, 0.5) is 4.39 Å². The average Bonchev–Trinajstić information content (AvgIpc) is 2.73. The van der Waals surface area contributed by atoms with Crippen LogP contribution >= 0.6 is 0 Å². The van der Waals surface area contributed by atoms with Gasteiger partial charge in [-0.15, -0.1) is 0 Å². The van der Waals surface area contributed by atoms with E-state index in [4.69, 9.17) is 0 Å². The van der Waals surface area contributed by atoms with Gasteiger partial charge in [-0.25, -0.2) is 9.37 Å². The molecule has 0 aliphatic rings. The predicted molar refractivity (Wildman–Crippen MR) is 59.3 cm³/mol. The lowest BCUT2D eigenvalue weighted by molar-refractivity contribution is 0.624. The first-order valence-corrected chi connectivity index (χ1v) is 4.89. The van der Waals surface area contributed by atoms with E-state index in [1.54, 1.807) is 12.3 Å². The predicted octanol–water partition coefficient (Wildman–Crippen LogP) is 2.76. The molecule has 0 amide bonds. The SMILES string of the molecule is Fc1cnccc1-c1nc2ccccc2[nH]1.